The predicted molar refractivity (Wildman–Crippen MR) is 45.0 cm³/mol. The summed E-state index contributed by atoms with van der Waals surface area (Å²) in [6.07, 6.45) is 0. The first-order valence-corrected chi connectivity index (χ1v) is 6.56. The zero-order valence-electron chi connectivity index (χ0n) is 6.65. The van der Waals surface area contributed by atoms with E-state index in [0.29, 0.717) is 0 Å². The van der Waals surface area contributed by atoms with Crippen LogP contribution in [0.5, 0.6) is 0 Å². The van der Waals surface area contributed by atoms with Crippen LogP contribution in [0.2, 0.25) is 13.1 Å². The summed E-state index contributed by atoms with van der Waals surface area (Å²) >= 11 is 0. The lowest BCUT2D eigenvalue weighted by Gasteiger charge is -2.05. The first kappa shape index (κ1) is 6.81. The van der Waals surface area contributed by atoms with Gasteiger partial charge in [-0.1, -0.05) is 35.6 Å². The molecule has 0 saturated carbocycles. The molecule has 1 aliphatic rings. The number of hydrogen-bond donors (Lipinski definition) is 0. The van der Waals surface area contributed by atoms with Crippen molar-refractivity contribution < 1.29 is 0 Å². The number of rotatable bonds is 0. The zero-order chi connectivity index (χ0) is 7.07. The van der Waals surface area contributed by atoms with Crippen molar-refractivity contribution in [2.75, 3.05) is 0 Å². The Bertz CT molecular complexity index is 165. The first-order valence-electron chi connectivity index (χ1n) is 3.40. The molecule has 0 unspecified atom stereocenters. The molecule has 0 radical (unpaired) electrons. The summed E-state index contributed by atoms with van der Waals surface area (Å²) in [6.45, 7) is 9.14. The highest BCUT2D eigenvalue weighted by atomic mass is 28.3. The molecule has 0 nitrogen and oxygen atoms in total. The highest BCUT2D eigenvalue weighted by molar-refractivity contribution is 6.87. The highest BCUT2D eigenvalue weighted by Crippen LogP contribution is 2.24. The maximum atomic E-state index is 2.45. The smallest absolute Gasteiger partial charge is 0.0876 e. The first-order chi connectivity index (χ1) is 4.01. The Hall–Kier alpha value is -0.303. The molecule has 0 fully saturated rings. The van der Waals surface area contributed by atoms with Crippen molar-refractivity contribution in [1.82, 2.24) is 0 Å². The van der Waals surface area contributed by atoms with Gasteiger partial charge in [0.2, 0.25) is 0 Å². The molecule has 0 aromatic carbocycles. The monoisotopic (exact) mass is 138 g/mol. The lowest BCUT2D eigenvalue weighted by atomic mass is 10.2. The van der Waals surface area contributed by atoms with Gasteiger partial charge in [-0.15, -0.1) is 0 Å². The lowest BCUT2D eigenvalue weighted by Crippen LogP contribution is -2.16. The number of allylic oxidation sites excluding steroid dienone is 2. The zero-order valence-corrected chi connectivity index (χ0v) is 7.65. The van der Waals surface area contributed by atoms with Crippen LogP contribution < -0.4 is 0 Å². The minimum Gasteiger partial charge on any atom is -0.0876 e. The van der Waals surface area contributed by atoms with Gasteiger partial charge < -0.3 is 0 Å². The van der Waals surface area contributed by atoms with Gasteiger partial charge in [0.25, 0.3) is 0 Å². The molecular weight excluding hydrogens is 124 g/mol. The van der Waals surface area contributed by atoms with Crippen LogP contribution in [0.3, 0.4) is 0 Å². The Morgan fingerprint density at radius 1 is 1.00 bits per heavy atom. The summed E-state index contributed by atoms with van der Waals surface area (Å²) in [5, 5.41) is 0. The predicted octanol–water partition coefficient (Wildman–Crippen LogP) is 2.68. The number of hydrogen-bond acceptors (Lipinski definition) is 0. The Kier molecular flexibility index (Phi) is 1.39. The van der Waals surface area contributed by atoms with Gasteiger partial charge in [-0.05, 0) is 13.8 Å². The molecule has 1 rings (SSSR count). The molecule has 50 valence electrons. The molecule has 0 saturated heterocycles. The molecule has 0 aromatic rings. The van der Waals surface area contributed by atoms with Crippen LogP contribution in [-0.4, -0.2) is 8.07 Å². The minimum atomic E-state index is -0.990. The molecule has 1 heteroatoms. The third-order valence-corrected chi connectivity index (χ3v) is 4.15. The van der Waals surface area contributed by atoms with Gasteiger partial charge in [0.05, 0.1) is 8.07 Å². The van der Waals surface area contributed by atoms with E-state index in [1.807, 2.05) is 0 Å². The van der Waals surface area contributed by atoms with Gasteiger partial charge in [0.15, 0.2) is 0 Å². The van der Waals surface area contributed by atoms with E-state index in [9.17, 15) is 0 Å². The Morgan fingerprint density at radius 2 is 1.33 bits per heavy atom. The van der Waals surface area contributed by atoms with Crippen molar-refractivity contribution in [2.45, 2.75) is 26.9 Å². The van der Waals surface area contributed by atoms with Crippen LogP contribution in [0.15, 0.2) is 22.5 Å². The lowest BCUT2D eigenvalue weighted by molar-refractivity contribution is 1.39. The SMILES string of the molecule is CC1=C[Si](C)(C)C=C1C. The third kappa shape index (κ3) is 1.33. The Morgan fingerprint density at radius 3 is 1.44 bits per heavy atom. The standard InChI is InChI=1S/C8H14Si/c1-7-5-9(3,4)6-8(7)2/h5-6H,1-4H3. The Labute approximate surface area is 58.3 Å². The summed E-state index contributed by atoms with van der Waals surface area (Å²) in [6, 6.07) is 0. The normalized spacial score (nSPS) is 23.6. The van der Waals surface area contributed by atoms with Gasteiger partial charge >= 0.3 is 0 Å². The van der Waals surface area contributed by atoms with Crippen LogP contribution in [0.4, 0.5) is 0 Å². The van der Waals surface area contributed by atoms with Crippen LogP contribution in [0.1, 0.15) is 13.8 Å². The fourth-order valence-corrected chi connectivity index (χ4v) is 4.16. The Balaban J connectivity index is 2.96. The topological polar surface area (TPSA) is 0 Å². The van der Waals surface area contributed by atoms with E-state index >= 15 is 0 Å². The molecule has 1 aliphatic heterocycles. The molecular formula is C8H14Si. The van der Waals surface area contributed by atoms with E-state index in [0.717, 1.165) is 0 Å². The largest absolute Gasteiger partial charge is 0.0960 e. The van der Waals surface area contributed by atoms with Crippen LogP contribution in [0.25, 0.3) is 0 Å². The molecule has 0 aliphatic carbocycles. The van der Waals surface area contributed by atoms with Gasteiger partial charge in [-0.3, -0.25) is 0 Å². The second-order valence-corrected chi connectivity index (χ2v) is 7.70. The molecule has 0 spiro atoms. The fourth-order valence-electron chi connectivity index (χ4n) is 1.39. The second kappa shape index (κ2) is 1.84. The summed E-state index contributed by atoms with van der Waals surface area (Å²) in [4.78, 5) is 0. The molecule has 0 aromatic heterocycles. The van der Waals surface area contributed by atoms with E-state index in [-0.39, 0.29) is 0 Å². The molecule has 0 N–H and O–H groups in total. The van der Waals surface area contributed by atoms with Gasteiger partial charge in [0.1, 0.15) is 0 Å². The van der Waals surface area contributed by atoms with Crippen molar-refractivity contribution in [1.29, 1.82) is 0 Å². The third-order valence-electron chi connectivity index (χ3n) is 1.80. The van der Waals surface area contributed by atoms with Crippen LogP contribution in [0, 0.1) is 0 Å². The molecule has 0 bridgehead atoms. The average Bonchev–Trinajstić information content (AvgIpc) is 1.79. The van der Waals surface area contributed by atoms with E-state index in [2.05, 4.69) is 38.3 Å². The van der Waals surface area contributed by atoms with Crippen molar-refractivity contribution in [2.24, 2.45) is 0 Å². The van der Waals surface area contributed by atoms with Gasteiger partial charge in [0, 0.05) is 0 Å². The summed E-state index contributed by atoms with van der Waals surface area (Å²) in [5.74, 6) is 0. The minimum absolute atomic E-state index is 0.990. The summed E-state index contributed by atoms with van der Waals surface area (Å²) in [5.41, 5.74) is 7.88. The molecule has 1 heterocycles. The maximum absolute atomic E-state index is 2.45. The second-order valence-electron chi connectivity index (χ2n) is 3.48. The van der Waals surface area contributed by atoms with E-state index < -0.39 is 8.07 Å². The summed E-state index contributed by atoms with van der Waals surface area (Å²) in [7, 11) is -0.990. The highest BCUT2D eigenvalue weighted by Gasteiger charge is 2.20. The van der Waals surface area contributed by atoms with E-state index in [1.54, 1.807) is 0 Å². The average molecular weight is 138 g/mol. The van der Waals surface area contributed by atoms with E-state index in [4.69, 9.17) is 0 Å². The maximum Gasteiger partial charge on any atom is 0.0960 e. The van der Waals surface area contributed by atoms with Crippen molar-refractivity contribution in [3.05, 3.63) is 22.5 Å². The molecule has 0 amide bonds. The van der Waals surface area contributed by atoms with Crippen molar-refractivity contribution >= 4 is 8.07 Å². The summed E-state index contributed by atoms with van der Waals surface area (Å²) < 4.78 is 0. The van der Waals surface area contributed by atoms with Crippen LogP contribution >= 0.6 is 0 Å². The van der Waals surface area contributed by atoms with Crippen molar-refractivity contribution in [3.63, 3.8) is 0 Å². The quantitative estimate of drug-likeness (QED) is 0.451. The van der Waals surface area contributed by atoms with Crippen LogP contribution in [-0.2, 0) is 0 Å². The van der Waals surface area contributed by atoms with Crippen molar-refractivity contribution in [3.8, 4) is 0 Å². The molecule has 0 atom stereocenters. The molecule has 9 heavy (non-hydrogen) atoms. The fraction of sp³-hybridized carbons (Fsp3) is 0.500. The van der Waals surface area contributed by atoms with Gasteiger partial charge in [-0.25, -0.2) is 0 Å². The van der Waals surface area contributed by atoms with E-state index in [1.165, 1.54) is 11.1 Å². The van der Waals surface area contributed by atoms with Gasteiger partial charge in [-0.2, -0.15) is 0 Å².